The molecule has 0 aliphatic rings. The van der Waals surface area contributed by atoms with E-state index < -0.39 is 31.1 Å². The number of halogens is 6. The Kier molecular flexibility index (Phi) is 5.96. The number of hydrogen-bond acceptors (Lipinski definition) is 2. The fourth-order valence-corrected chi connectivity index (χ4v) is 1.58. The van der Waals surface area contributed by atoms with Crippen molar-refractivity contribution >= 4 is 0 Å². The SMILES string of the molecule is N#C[n+]1ccccc1CCC(C(F)(F)F)C(F)(F)F.[OH-]. The fraction of sp³-hybridized carbons (Fsp3) is 0.455. The van der Waals surface area contributed by atoms with Crippen LogP contribution >= 0.6 is 0 Å². The van der Waals surface area contributed by atoms with Crippen LogP contribution in [0.25, 0.3) is 0 Å². The molecule has 0 atom stereocenters. The molecule has 1 N–H and O–H groups in total. The Labute approximate surface area is 110 Å². The highest BCUT2D eigenvalue weighted by atomic mass is 19.4. The van der Waals surface area contributed by atoms with Gasteiger partial charge in [0, 0.05) is 6.42 Å². The second-order valence-electron chi connectivity index (χ2n) is 3.84. The quantitative estimate of drug-likeness (QED) is 0.636. The number of aryl methyl sites for hydroxylation is 1. The summed E-state index contributed by atoms with van der Waals surface area (Å²) in [6.07, 6.45) is -9.39. The standard InChI is InChI=1S/C11H9F6N2.H2O/c12-10(13,14)9(11(15,16)17)5-4-8-3-1-2-6-19(8)7-18;/h1-3,6,9H,4-5H2;1H2/q+1;/p-1. The Bertz CT molecular complexity index is 463. The van der Waals surface area contributed by atoms with Gasteiger partial charge in [0.05, 0.1) is 0 Å². The van der Waals surface area contributed by atoms with E-state index in [1.54, 1.807) is 6.19 Å². The van der Waals surface area contributed by atoms with Crippen molar-refractivity contribution in [2.24, 2.45) is 5.92 Å². The molecule has 3 nitrogen and oxygen atoms in total. The van der Waals surface area contributed by atoms with E-state index in [0.717, 1.165) is 4.57 Å². The van der Waals surface area contributed by atoms with Crippen LogP contribution in [-0.2, 0) is 6.42 Å². The van der Waals surface area contributed by atoms with E-state index in [1.165, 1.54) is 24.4 Å². The number of nitriles is 1. The van der Waals surface area contributed by atoms with Crippen molar-refractivity contribution < 1.29 is 36.4 Å². The van der Waals surface area contributed by atoms with Crippen molar-refractivity contribution in [2.45, 2.75) is 25.2 Å². The number of alkyl halides is 6. The average Bonchev–Trinajstić information content (AvgIpc) is 2.26. The Morgan fingerprint density at radius 2 is 1.65 bits per heavy atom. The molecule has 0 aromatic carbocycles. The van der Waals surface area contributed by atoms with Crippen LogP contribution in [0.1, 0.15) is 12.1 Å². The summed E-state index contributed by atoms with van der Waals surface area (Å²) in [7, 11) is 0. The highest BCUT2D eigenvalue weighted by Gasteiger charge is 2.55. The minimum Gasteiger partial charge on any atom is -0.870 e. The van der Waals surface area contributed by atoms with Crippen molar-refractivity contribution in [1.29, 1.82) is 5.26 Å². The lowest BCUT2D eigenvalue weighted by molar-refractivity contribution is -0.595. The van der Waals surface area contributed by atoms with Gasteiger partial charge in [0.15, 0.2) is 11.2 Å². The topological polar surface area (TPSA) is 57.7 Å². The number of pyridine rings is 1. The fourth-order valence-electron chi connectivity index (χ4n) is 1.58. The van der Waals surface area contributed by atoms with Crippen molar-refractivity contribution in [3.8, 4) is 6.19 Å². The lowest BCUT2D eigenvalue weighted by atomic mass is 10.0. The van der Waals surface area contributed by atoms with E-state index in [2.05, 4.69) is 0 Å². The van der Waals surface area contributed by atoms with Gasteiger partial charge in [-0.25, -0.2) is 0 Å². The van der Waals surface area contributed by atoms with Crippen molar-refractivity contribution in [3.63, 3.8) is 0 Å². The molecule has 0 aliphatic carbocycles. The van der Waals surface area contributed by atoms with Crippen molar-refractivity contribution in [2.75, 3.05) is 0 Å². The highest BCUT2D eigenvalue weighted by molar-refractivity contribution is 4.99. The molecule has 1 aromatic rings. The van der Waals surface area contributed by atoms with Crippen LogP contribution in [0.2, 0.25) is 0 Å². The molecule has 1 heterocycles. The minimum atomic E-state index is -5.34. The number of hydrogen-bond donors (Lipinski definition) is 0. The molecule has 0 bridgehead atoms. The molecule has 112 valence electrons. The Hall–Kier alpha value is -1.82. The zero-order valence-electron chi connectivity index (χ0n) is 9.91. The third kappa shape index (κ3) is 4.70. The molecular weight excluding hydrogens is 290 g/mol. The molecule has 0 saturated carbocycles. The van der Waals surface area contributed by atoms with E-state index in [9.17, 15) is 26.3 Å². The summed E-state index contributed by atoms with van der Waals surface area (Å²) in [5.41, 5.74) is 0.100. The second-order valence-corrected chi connectivity index (χ2v) is 3.84. The zero-order valence-corrected chi connectivity index (χ0v) is 9.91. The van der Waals surface area contributed by atoms with E-state index in [-0.39, 0.29) is 11.2 Å². The highest BCUT2D eigenvalue weighted by Crippen LogP contribution is 2.41. The van der Waals surface area contributed by atoms with Crippen LogP contribution in [0, 0.1) is 17.4 Å². The largest absolute Gasteiger partial charge is 0.870 e. The van der Waals surface area contributed by atoms with Crippen LogP contribution < -0.4 is 4.57 Å². The molecule has 1 aromatic heterocycles. The van der Waals surface area contributed by atoms with E-state index in [0.29, 0.717) is 0 Å². The molecular formula is C11H10F6N2O. The predicted molar refractivity (Wildman–Crippen MR) is 53.5 cm³/mol. The summed E-state index contributed by atoms with van der Waals surface area (Å²) in [4.78, 5) is 0. The summed E-state index contributed by atoms with van der Waals surface area (Å²) in [5, 5.41) is 8.67. The number of nitrogens with zero attached hydrogens (tertiary/aromatic N) is 2. The molecule has 0 radical (unpaired) electrons. The summed E-state index contributed by atoms with van der Waals surface area (Å²) in [6, 6.07) is 4.21. The van der Waals surface area contributed by atoms with Gasteiger partial charge in [0.25, 0.3) is 0 Å². The van der Waals surface area contributed by atoms with Gasteiger partial charge < -0.3 is 5.48 Å². The van der Waals surface area contributed by atoms with Gasteiger partial charge in [-0.05, 0) is 18.6 Å². The lowest BCUT2D eigenvalue weighted by Gasteiger charge is -2.22. The van der Waals surface area contributed by atoms with Crippen LogP contribution in [0.15, 0.2) is 24.4 Å². The maximum absolute atomic E-state index is 12.3. The Morgan fingerprint density at radius 3 is 2.10 bits per heavy atom. The molecule has 0 aliphatic heterocycles. The first-order valence-electron chi connectivity index (χ1n) is 5.19. The minimum absolute atomic E-state index is 0. The third-order valence-electron chi connectivity index (χ3n) is 2.53. The van der Waals surface area contributed by atoms with E-state index in [1.807, 2.05) is 0 Å². The van der Waals surface area contributed by atoms with Crippen molar-refractivity contribution in [3.05, 3.63) is 30.1 Å². The average molecular weight is 300 g/mol. The first-order valence-corrected chi connectivity index (χ1v) is 5.19. The van der Waals surface area contributed by atoms with Crippen LogP contribution in [0.4, 0.5) is 26.3 Å². The molecule has 1 rings (SSSR count). The van der Waals surface area contributed by atoms with Gasteiger partial charge in [-0.3, -0.25) is 0 Å². The Morgan fingerprint density at radius 1 is 1.10 bits per heavy atom. The number of aromatic nitrogens is 1. The maximum atomic E-state index is 12.3. The van der Waals surface area contributed by atoms with Gasteiger partial charge >= 0.3 is 18.5 Å². The third-order valence-corrected chi connectivity index (χ3v) is 2.53. The summed E-state index contributed by atoms with van der Waals surface area (Å²) in [6.45, 7) is 0. The van der Waals surface area contributed by atoms with Gasteiger partial charge in [0.2, 0.25) is 0 Å². The maximum Gasteiger partial charge on any atom is 0.464 e. The lowest BCUT2D eigenvalue weighted by Crippen LogP contribution is -2.38. The normalized spacial score (nSPS) is 11.9. The van der Waals surface area contributed by atoms with Gasteiger partial charge in [-0.1, -0.05) is 6.07 Å². The summed E-state index contributed by atoms with van der Waals surface area (Å²) in [5.74, 6) is -3.38. The van der Waals surface area contributed by atoms with E-state index in [4.69, 9.17) is 5.26 Å². The molecule has 20 heavy (non-hydrogen) atoms. The molecule has 0 saturated heterocycles. The van der Waals surface area contributed by atoms with Gasteiger partial charge in [-0.15, -0.1) is 4.57 Å². The molecule has 0 spiro atoms. The monoisotopic (exact) mass is 300 g/mol. The van der Waals surface area contributed by atoms with Crippen LogP contribution in [0.3, 0.4) is 0 Å². The molecule has 0 fully saturated rings. The van der Waals surface area contributed by atoms with Crippen LogP contribution in [0.5, 0.6) is 0 Å². The second kappa shape index (κ2) is 6.56. The van der Waals surface area contributed by atoms with Crippen molar-refractivity contribution in [1.82, 2.24) is 0 Å². The first kappa shape index (κ1) is 18.2. The summed E-state index contributed by atoms with van der Waals surface area (Å²) >= 11 is 0. The predicted octanol–water partition coefficient (Wildman–Crippen LogP) is 2.80. The zero-order chi connectivity index (χ0) is 14.7. The van der Waals surface area contributed by atoms with Crippen LogP contribution in [-0.4, -0.2) is 17.8 Å². The van der Waals surface area contributed by atoms with Gasteiger partial charge in [-0.2, -0.15) is 26.3 Å². The van der Waals surface area contributed by atoms with Gasteiger partial charge in [0.1, 0.15) is 11.9 Å². The smallest absolute Gasteiger partial charge is 0.464 e. The summed E-state index contributed by atoms with van der Waals surface area (Å²) < 4.78 is 74.8. The first-order chi connectivity index (χ1) is 8.66. The Balaban J connectivity index is 0.00000361. The molecule has 0 unspecified atom stereocenters. The van der Waals surface area contributed by atoms with E-state index >= 15 is 0 Å². The molecule has 9 heteroatoms. The molecule has 0 amide bonds. The number of rotatable bonds is 3.